The lowest BCUT2D eigenvalue weighted by molar-refractivity contribution is -0.129. The van der Waals surface area contributed by atoms with Gasteiger partial charge < -0.3 is 9.64 Å². The Bertz CT molecular complexity index is 1000. The van der Waals surface area contributed by atoms with E-state index >= 15 is 0 Å². The smallest absolute Gasteiger partial charge is 0.243 e. The van der Waals surface area contributed by atoms with Crippen LogP contribution in [0.25, 0.3) is 22.4 Å². The number of morpholine rings is 1. The number of fused-ring (bicyclic) bond motifs is 1. The number of pyridine rings is 1. The molecule has 1 saturated heterocycles. The molecular formula is C21H27N7O3. The number of nitrogens with zero attached hydrogens (tertiary/aromatic N) is 6. The molecule has 10 nitrogen and oxygen atoms in total. The van der Waals surface area contributed by atoms with Gasteiger partial charge in [0.15, 0.2) is 11.5 Å². The first-order chi connectivity index (χ1) is 15.3. The summed E-state index contributed by atoms with van der Waals surface area (Å²) in [5, 5.41) is 14.1. The van der Waals surface area contributed by atoms with Gasteiger partial charge in [-0.3, -0.25) is 15.0 Å². The zero-order chi connectivity index (χ0) is 21.5. The predicted octanol–water partition coefficient (Wildman–Crippen LogP) is 2.18. The molecule has 0 bridgehead atoms. The molecule has 0 aliphatic carbocycles. The Balaban J connectivity index is 1.54. The number of aromatic nitrogens is 5. The zero-order valence-corrected chi connectivity index (χ0v) is 17.4. The van der Waals surface area contributed by atoms with Crippen LogP contribution in [-0.4, -0.2) is 62.2 Å². The van der Waals surface area contributed by atoms with Crippen molar-refractivity contribution in [1.82, 2.24) is 30.2 Å². The largest absolute Gasteiger partial charge is 0.378 e. The molecular weight excluding hydrogens is 398 g/mol. The highest BCUT2D eigenvalue weighted by Gasteiger charge is 2.20. The van der Waals surface area contributed by atoms with Crippen LogP contribution in [0.3, 0.4) is 0 Å². The minimum absolute atomic E-state index is 0.339. The predicted molar refractivity (Wildman–Crippen MR) is 115 cm³/mol. The molecule has 1 fully saturated rings. The van der Waals surface area contributed by atoms with E-state index in [0.29, 0.717) is 25.5 Å². The summed E-state index contributed by atoms with van der Waals surface area (Å²) in [4.78, 5) is 27.2. The number of anilines is 1. The van der Waals surface area contributed by atoms with Crippen molar-refractivity contribution in [2.45, 2.75) is 38.6 Å². The average molecular weight is 425 g/mol. The van der Waals surface area contributed by atoms with Crippen molar-refractivity contribution < 1.29 is 14.7 Å². The monoisotopic (exact) mass is 425 g/mol. The molecule has 3 aromatic heterocycles. The van der Waals surface area contributed by atoms with Gasteiger partial charge in [-0.1, -0.05) is 12.8 Å². The van der Waals surface area contributed by atoms with Gasteiger partial charge in [-0.25, -0.2) is 20.1 Å². The minimum Gasteiger partial charge on any atom is -0.378 e. The van der Waals surface area contributed by atoms with Crippen LogP contribution in [0.4, 0.5) is 5.82 Å². The summed E-state index contributed by atoms with van der Waals surface area (Å²) in [6.07, 6.45) is 9.26. The number of amides is 1. The number of unbranched alkanes of at least 4 members (excludes halogenated alkanes) is 3. The third-order valence-corrected chi connectivity index (χ3v) is 5.35. The van der Waals surface area contributed by atoms with E-state index in [1.165, 1.54) is 0 Å². The Morgan fingerprint density at radius 2 is 1.97 bits per heavy atom. The normalized spacial score (nSPS) is 14.2. The van der Waals surface area contributed by atoms with E-state index in [0.717, 1.165) is 67.7 Å². The SMILES string of the molecule is O=C(CCCCCCn1ncc2c(N3CCOCC3)nc(-c3cccnc3)nc21)NO. The van der Waals surface area contributed by atoms with E-state index < -0.39 is 0 Å². The summed E-state index contributed by atoms with van der Waals surface area (Å²) in [7, 11) is 0. The van der Waals surface area contributed by atoms with Gasteiger partial charge in [0.25, 0.3) is 0 Å². The molecule has 2 N–H and O–H groups in total. The maximum atomic E-state index is 11.1. The molecule has 10 heteroatoms. The van der Waals surface area contributed by atoms with E-state index in [4.69, 9.17) is 19.9 Å². The lowest BCUT2D eigenvalue weighted by Crippen LogP contribution is -2.37. The molecule has 1 aliphatic rings. The molecule has 4 heterocycles. The van der Waals surface area contributed by atoms with E-state index in [2.05, 4.69) is 15.0 Å². The summed E-state index contributed by atoms with van der Waals surface area (Å²) in [6, 6.07) is 3.84. The first-order valence-corrected chi connectivity index (χ1v) is 10.7. The van der Waals surface area contributed by atoms with Crippen LogP contribution in [0, 0.1) is 0 Å². The van der Waals surface area contributed by atoms with Gasteiger partial charge >= 0.3 is 0 Å². The van der Waals surface area contributed by atoms with E-state index in [9.17, 15) is 4.79 Å². The van der Waals surface area contributed by atoms with Gasteiger partial charge in [-0.15, -0.1) is 0 Å². The van der Waals surface area contributed by atoms with Crippen molar-refractivity contribution in [3.8, 4) is 11.4 Å². The zero-order valence-electron chi connectivity index (χ0n) is 17.4. The molecule has 0 aromatic carbocycles. The third-order valence-electron chi connectivity index (χ3n) is 5.35. The molecule has 0 radical (unpaired) electrons. The van der Waals surface area contributed by atoms with Crippen LogP contribution >= 0.6 is 0 Å². The Hall–Kier alpha value is -3.11. The summed E-state index contributed by atoms with van der Waals surface area (Å²) in [5.74, 6) is 1.18. The Kier molecular flexibility index (Phi) is 7.00. The molecule has 0 spiro atoms. The minimum atomic E-state index is -0.339. The number of hydroxylamine groups is 1. The topological polar surface area (TPSA) is 118 Å². The number of hydrogen-bond acceptors (Lipinski definition) is 8. The van der Waals surface area contributed by atoms with Crippen molar-refractivity contribution in [1.29, 1.82) is 0 Å². The highest BCUT2D eigenvalue weighted by molar-refractivity contribution is 5.88. The Morgan fingerprint density at radius 1 is 1.13 bits per heavy atom. The van der Waals surface area contributed by atoms with Gasteiger partial charge in [0, 0.05) is 44.0 Å². The van der Waals surface area contributed by atoms with Crippen LogP contribution in [0.1, 0.15) is 32.1 Å². The molecule has 4 rings (SSSR count). The molecule has 31 heavy (non-hydrogen) atoms. The molecule has 0 saturated carbocycles. The molecule has 3 aromatic rings. The molecule has 164 valence electrons. The Morgan fingerprint density at radius 3 is 2.74 bits per heavy atom. The first-order valence-electron chi connectivity index (χ1n) is 10.7. The highest BCUT2D eigenvalue weighted by atomic mass is 16.5. The fraction of sp³-hybridized carbons (Fsp3) is 0.476. The number of nitrogens with one attached hydrogen (secondary N) is 1. The second-order valence-corrected chi connectivity index (χ2v) is 7.52. The highest BCUT2D eigenvalue weighted by Crippen LogP contribution is 2.28. The molecule has 1 aliphatic heterocycles. The molecule has 0 atom stereocenters. The van der Waals surface area contributed by atoms with Crippen LogP contribution < -0.4 is 10.4 Å². The van der Waals surface area contributed by atoms with E-state index in [1.807, 2.05) is 23.0 Å². The van der Waals surface area contributed by atoms with E-state index in [1.54, 1.807) is 17.9 Å². The molecule has 0 unspecified atom stereocenters. The lowest BCUT2D eigenvalue weighted by Gasteiger charge is -2.28. The van der Waals surface area contributed by atoms with Crippen LogP contribution in [-0.2, 0) is 16.1 Å². The standard InChI is InChI=1S/C21H27N7O3/c29-18(26-30)7-3-1-2-4-9-28-21-17(15-23-28)20(27-10-12-31-13-11-27)24-19(25-21)16-6-5-8-22-14-16/h5-6,8,14-15,30H,1-4,7,9-13H2,(H,26,29). The van der Waals surface area contributed by atoms with Crippen molar-refractivity contribution in [3.05, 3.63) is 30.7 Å². The Labute approximate surface area is 180 Å². The first kappa shape index (κ1) is 21.1. The number of rotatable bonds is 9. The lowest BCUT2D eigenvalue weighted by atomic mass is 10.1. The second kappa shape index (κ2) is 10.3. The quantitative estimate of drug-likeness (QED) is 0.304. The summed E-state index contributed by atoms with van der Waals surface area (Å²) < 4.78 is 7.44. The van der Waals surface area contributed by atoms with Gasteiger partial charge in [0.2, 0.25) is 5.91 Å². The number of carbonyl (C=O) groups is 1. The maximum absolute atomic E-state index is 11.1. The summed E-state index contributed by atoms with van der Waals surface area (Å²) >= 11 is 0. The second-order valence-electron chi connectivity index (χ2n) is 7.52. The van der Waals surface area contributed by atoms with Crippen molar-refractivity contribution in [2.75, 3.05) is 31.2 Å². The van der Waals surface area contributed by atoms with E-state index in [-0.39, 0.29) is 5.91 Å². The van der Waals surface area contributed by atoms with Crippen LogP contribution in [0.2, 0.25) is 0 Å². The maximum Gasteiger partial charge on any atom is 0.243 e. The number of ether oxygens (including phenoxy) is 1. The van der Waals surface area contributed by atoms with Gasteiger partial charge in [0.1, 0.15) is 5.82 Å². The summed E-state index contributed by atoms with van der Waals surface area (Å²) in [6.45, 7) is 3.66. The summed E-state index contributed by atoms with van der Waals surface area (Å²) in [5.41, 5.74) is 3.35. The number of carbonyl (C=O) groups excluding carboxylic acids is 1. The van der Waals surface area contributed by atoms with Gasteiger partial charge in [-0.05, 0) is 25.0 Å². The van der Waals surface area contributed by atoms with Gasteiger partial charge in [-0.2, -0.15) is 5.10 Å². The van der Waals surface area contributed by atoms with Crippen LogP contribution in [0.15, 0.2) is 30.7 Å². The fourth-order valence-corrected chi connectivity index (χ4v) is 3.70. The van der Waals surface area contributed by atoms with Gasteiger partial charge in [0.05, 0.1) is 24.8 Å². The number of hydrogen-bond donors (Lipinski definition) is 2. The average Bonchev–Trinajstić information content (AvgIpc) is 3.24. The van der Waals surface area contributed by atoms with Crippen molar-refractivity contribution in [2.24, 2.45) is 0 Å². The fourth-order valence-electron chi connectivity index (χ4n) is 3.70. The van der Waals surface area contributed by atoms with Crippen molar-refractivity contribution in [3.63, 3.8) is 0 Å². The van der Waals surface area contributed by atoms with Crippen LogP contribution in [0.5, 0.6) is 0 Å². The molecule has 1 amide bonds. The number of aryl methyl sites for hydroxylation is 1. The van der Waals surface area contributed by atoms with Crippen molar-refractivity contribution >= 4 is 22.8 Å². The third kappa shape index (κ3) is 5.15.